The van der Waals surface area contributed by atoms with E-state index in [0.29, 0.717) is 17.8 Å². The molecule has 0 unspecified atom stereocenters. The van der Waals surface area contributed by atoms with Gasteiger partial charge < -0.3 is 14.9 Å². The van der Waals surface area contributed by atoms with E-state index >= 15 is 0 Å². The van der Waals surface area contributed by atoms with Gasteiger partial charge in [0.1, 0.15) is 12.2 Å². The van der Waals surface area contributed by atoms with Gasteiger partial charge in [0, 0.05) is 23.5 Å². The molecule has 6 nitrogen and oxygen atoms in total. The average Bonchev–Trinajstić information content (AvgIpc) is 3.06. The number of hydrogen-bond acceptors (Lipinski definition) is 5. The molecule has 0 amide bonds. The Hall–Kier alpha value is -2.76. The fourth-order valence-electron chi connectivity index (χ4n) is 1.90. The summed E-state index contributed by atoms with van der Waals surface area (Å²) >= 11 is 0. The van der Waals surface area contributed by atoms with Crippen LogP contribution in [0.3, 0.4) is 0 Å². The Labute approximate surface area is 114 Å². The van der Waals surface area contributed by atoms with Crippen LogP contribution in [-0.4, -0.2) is 22.4 Å². The summed E-state index contributed by atoms with van der Waals surface area (Å²) in [6, 6.07) is 8.64. The smallest absolute Gasteiger partial charge is 0.374 e. The normalized spacial score (nSPS) is 10.8. The summed E-state index contributed by atoms with van der Waals surface area (Å²) in [6.45, 7) is 0.742. The van der Waals surface area contributed by atoms with Crippen molar-refractivity contribution in [2.75, 3.05) is 12.3 Å². The van der Waals surface area contributed by atoms with Crippen LogP contribution in [0.5, 0.6) is 0 Å². The lowest BCUT2D eigenvalue weighted by atomic mass is 10.2. The molecule has 0 aliphatic carbocycles. The zero-order valence-corrected chi connectivity index (χ0v) is 10.7. The maximum atomic E-state index is 11.9. The molecular formula is C14H13N3O3. The van der Waals surface area contributed by atoms with E-state index in [1.807, 2.05) is 6.07 Å². The fourth-order valence-corrected chi connectivity index (χ4v) is 1.90. The Kier molecular flexibility index (Phi) is 3.12. The molecule has 1 aromatic carbocycles. The number of carbonyl (C=O) groups is 1. The lowest BCUT2D eigenvalue weighted by Gasteiger charge is -2.02. The number of aromatic nitrogens is 2. The molecule has 2 heterocycles. The molecule has 6 heteroatoms. The number of esters is 1. The predicted molar refractivity (Wildman–Crippen MR) is 73.1 cm³/mol. The summed E-state index contributed by atoms with van der Waals surface area (Å²) in [6.07, 6.45) is 3.48. The SMILES string of the molecule is Nc1ccc2oc(C(=O)OCCn3cccn3)cc2c1. The number of fused-ring (bicyclic) bond motifs is 1. The zero-order chi connectivity index (χ0) is 13.9. The Morgan fingerprint density at radius 1 is 1.40 bits per heavy atom. The quantitative estimate of drug-likeness (QED) is 0.580. The van der Waals surface area contributed by atoms with E-state index in [4.69, 9.17) is 14.9 Å². The summed E-state index contributed by atoms with van der Waals surface area (Å²) in [5.41, 5.74) is 6.91. The van der Waals surface area contributed by atoms with Crippen molar-refractivity contribution < 1.29 is 13.9 Å². The largest absolute Gasteiger partial charge is 0.458 e. The van der Waals surface area contributed by atoms with Gasteiger partial charge in [0.2, 0.25) is 5.76 Å². The molecular weight excluding hydrogens is 258 g/mol. The van der Waals surface area contributed by atoms with Crippen LogP contribution in [0.25, 0.3) is 11.0 Å². The average molecular weight is 271 g/mol. The Bertz CT molecular complexity index is 731. The molecule has 0 saturated carbocycles. The molecule has 0 aliphatic rings. The van der Waals surface area contributed by atoms with Crippen molar-refractivity contribution in [1.29, 1.82) is 0 Å². The monoisotopic (exact) mass is 271 g/mol. The van der Waals surface area contributed by atoms with Crippen LogP contribution >= 0.6 is 0 Å². The Morgan fingerprint density at radius 2 is 2.30 bits per heavy atom. The van der Waals surface area contributed by atoms with Crippen molar-refractivity contribution in [3.05, 3.63) is 48.5 Å². The Morgan fingerprint density at radius 3 is 3.10 bits per heavy atom. The molecule has 0 aliphatic heterocycles. The molecule has 0 radical (unpaired) electrons. The zero-order valence-electron chi connectivity index (χ0n) is 10.7. The van der Waals surface area contributed by atoms with Crippen LogP contribution in [0.4, 0.5) is 5.69 Å². The first kappa shape index (κ1) is 12.3. The number of carbonyl (C=O) groups excluding carboxylic acids is 1. The van der Waals surface area contributed by atoms with Crippen LogP contribution in [0.2, 0.25) is 0 Å². The van der Waals surface area contributed by atoms with Crippen molar-refractivity contribution in [3.8, 4) is 0 Å². The second-order valence-corrected chi connectivity index (χ2v) is 4.31. The fraction of sp³-hybridized carbons (Fsp3) is 0.143. The van der Waals surface area contributed by atoms with Crippen LogP contribution < -0.4 is 5.73 Å². The molecule has 0 fully saturated rings. The van der Waals surface area contributed by atoms with Gasteiger partial charge in [-0.3, -0.25) is 4.68 Å². The van der Waals surface area contributed by atoms with Gasteiger partial charge in [-0.1, -0.05) is 0 Å². The molecule has 0 bridgehead atoms. The van der Waals surface area contributed by atoms with Crippen LogP contribution in [0.1, 0.15) is 10.6 Å². The number of rotatable bonds is 4. The van der Waals surface area contributed by atoms with E-state index in [1.54, 1.807) is 41.3 Å². The highest BCUT2D eigenvalue weighted by molar-refractivity contribution is 5.93. The van der Waals surface area contributed by atoms with Crippen molar-refractivity contribution in [3.63, 3.8) is 0 Å². The number of nitrogens with two attached hydrogens (primary N) is 1. The van der Waals surface area contributed by atoms with Gasteiger partial charge in [0.05, 0.1) is 6.54 Å². The minimum Gasteiger partial charge on any atom is -0.458 e. The third kappa shape index (κ3) is 2.49. The highest BCUT2D eigenvalue weighted by atomic mass is 16.5. The van der Waals surface area contributed by atoms with Gasteiger partial charge in [0.15, 0.2) is 0 Å². The predicted octanol–water partition coefficient (Wildman–Crippen LogP) is 2.07. The van der Waals surface area contributed by atoms with Crippen molar-refractivity contribution in [2.45, 2.75) is 6.54 Å². The summed E-state index contributed by atoms with van der Waals surface area (Å²) < 4.78 is 12.2. The highest BCUT2D eigenvalue weighted by Crippen LogP contribution is 2.22. The van der Waals surface area contributed by atoms with Gasteiger partial charge in [-0.25, -0.2) is 4.79 Å². The maximum Gasteiger partial charge on any atom is 0.374 e. The molecule has 20 heavy (non-hydrogen) atoms. The summed E-state index contributed by atoms with van der Waals surface area (Å²) in [5, 5.41) is 4.80. The van der Waals surface area contributed by atoms with Gasteiger partial charge in [-0.2, -0.15) is 5.10 Å². The molecule has 102 valence electrons. The van der Waals surface area contributed by atoms with E-state index < -0.39 is 5.97 Å². The number of ether oxygens (including phenoxy) is 1. The first-order valence-electron chi connectivity index (χ1n) is 6.16. The molecule has 0 saturated heterocycles. The van der Waals surface area contributed by atoms with Crippen LogP contribution in [0, 0.1) is 0 Å². The highest BCUT2D eigenvalue weighted by Gasteiger charge is 2.13. The van der Waals surface area contributed by atoms with Crippen molar-refractivity contribution in [2.24, 2.45) is 0 Å². The van der Waals surface area contributed by atoms with E-state index in [2.05, 4.69) is 5.10 Å². The van der Waals surface area contributed by atoms with Crippen molar-refractivity contribution >= 4 is 22.6 Å². The molecule has 3 aromatic rings. The second kappa shape index (κ2) is 5.08. The summed E-state index contributed by atoms with van der Waals surface area (Å²) in [4.78, 5) is 11.9. The third-order valence-corrected chi connectivity index (χ3v) is 2.85. The third-order valence-electron chi connectivity index (χ3n) is 2.85. The van der Waals surface area contributed by atoms with Crippen molar-refractivity contribution in [1.82, 2.24) is 9.78 Å². The topological polar surface area (TPSA) is 83.3 Å². The minimum absolute atomic E-state index is 0.172. The Balaban J connectivity index is 1.66. The molecule has 0 spiro atoms. The number of furan rings is 1. The van der Waals surface area contributed by atoms with E-state index in [0.717, 1.165) is 5.39 Å². The lowest BCUT2D eigenvalue weighted by molar-refractivity contribution is 0.0454. The maximum absolute atomic E-state index is 11.9. The molecule has 2 aromatic heterocycles. The molecule has 0 atom stereocenters. The van der Waals surface area contributed by atoms with Gasteiger partial charge in [-0.05, 0) is 30.3 Å². The first-order chi connectivity index (χ1) is 9.72. The minimum atomic E-state index is -0.494. The van der Waals surface area contributed by atoms with E-state index in [-0.39, 0.29) is 12.4 Å². The summed E-state index contributed by atoms with van der Waals surface area (Å²) in [7, 11) is 0. The number of benzene rings is 1. The van der Waals surface area contributed by atoms with Crippen LogP contribution in [0.15, 0.2) is 47.1 Å². The summed E-state index contributed by atoms with van der Waals surface area (Å²) in [5.74, 6) is -0.321. The number of nitrogens with zero attached hydrogens (tertiary/aromatic N) is 2. The van der Waals surface area contributed by atoms with Gasteiger partial charge in [-0.15, -0.1) is 0 Å². The molecule has 3 rings (SSSR count). The second-order valence-electron chi connectivity index (χ2n) is 4.31. The number of hydrogen-bond donors (Lipinski definition) is 1. The lowest BCUT2D eigenvalue weighted by Crippen LogP contribution is -2.11. The molecule has 2 N–H and O–H groups in total. The van der Waals surface area contributed by atoms with Crippen LogP contribution in [-0.2, 0) is 11.3 Å². The van der Waals surface area contributed by atoms with Gasteiger partial charge in [0.25, 0.3) is 0 Å². The first-order valence-corrected chi connectivity index (χ1v) is 6.16. The van der Waals surface area contributed by atoms with E-state index in [1.165, 1.54) is 0 Å². The standard InChI is InChI=1S/C14H13N3O3/c15-11-2-3-12-10(8-11)9-13(20-12)14(18)19-7-6-17-5-1-4-16-17/h1-5,8-9H,6-7,15H2. The van der Waals surface area contributed by atoms with E-state index in [9.17, 15) is 4.79 Å². The number of anilines is 1. The number of nitrogen functional groups attached to an aromatic ring is 1. The van der Waals surface area contributed by atoms with Gasteiger partial charge >= 0.3 is 5.97 Å².